The van der Waals surface area contributed by atoms with Crippen molar-refractivity contribution in [1.82, 2.24) is 5.32 Å². The topological polar surface area (TPSA) is 69.6 Å². The van der Waals surface area contributed by atoms with E-state index < -0.39 is 24.2 Å². The highest BCUT2D eigenvalue weighted by Gasteiger charge is 2.34. The fraction of sp³-hybridized carbons (Fsp3) is 0.321. The van der Waals surface area contributed by atoms with E-state index >= 15 is 0 Å². The van der Waals surface area contributed by atoms with E-state index in [-0.39, 0.29) is 5.91 Å². The Balaban J connectivity index is 1.50. The number of hydrogen-bond acceptors (Lipinski definition) is 4. The van der Waals surface area contributed by atoms with Crippen LogP contribution in [0.3, 0.4) is 0 Å². The SMILES string of the molecule is CSc1ccccc1C[C@@H](O)C[C@@H](Cc1ccccc1)C(=O)N[C@H]1c2ccccc2C[C@H]1O. The highest BCUT2D eigenvalue weighted by atomic mass is 32.2. The first-order valence-electron chi connectivity index (χ1n) is 11.4. The molecule has 0 unspecified atom stereocenters. The molecule has 0 fully saturated rings. The summed E-state index contributed by atoms with van der Waals surface area (Å²) in [7, 11) is 0. The summed E-state index contributed by atoms with van der Waals surface area (Å²) in [5.41, 5.74) is 4.20. The second-order valence-corrected chi connectivity index (χ2v) is 9.60. The first-order chi connectivity index (χ1) is 16.0. The van der Waals surface area contributed by atoms with Gasteiger partial charge in [0.1, 0.15) is 0 Å². The molecule has 0 aliphatic heterocycles. The summed E-state index contributed by atoms with van der Waals surface area (Å²) >= 11 is 1.66. The fourth-order valence-corrected chi connectivity index (χ4v) is 5.37. The third-order valence-corrected chi connectivity index (χ3v) is 7.24. The van der Waals surface area contributed by atoms with Crippen LogP contribution in [-0.2, 0) is 24.1 Å². The quantitative estimate of drug-likeness (QED) is 0.415. The second-order valence-electron chi connectivity index (χ2n) is 8.75. The third kappa shape index (κ3) is 5.85. The van der Waals surface area contributed by atoms with Crippen molar-refractivity contribution in [3.05, 3.63) is 101 Å². The summed E-state index contributed by atoms with van der Waals surface area (Å²) in [4.78, 5) is 14.6. The van der Waals surface area contributed by atoms with Crippen LogP contribution in [0.1, 0.15) is 34.7 Å². The van der Waals surface area contributed by atoms with Crippen molar-refractivity contribution >= 4 is 17.7 Å². The van der Waals surface area contributed by atoms with Gasteiger partial charge in [-0.1, -0.05) is 72.8 Å². The van der Waals surface area contributed by atoms with Gasteiger partial charge in [0, 0.05) is 17.2 Å². The van der Waals surface area contributed by atoms with E-state index in [1.165, 1.54) is 0 Å². The van der Waals surface area contributed by atoms with Gasteiger partial charge in [0.05, 0.1) is 18.2 Å². The Hall–Kier alpha value is -2.60. The number of benzene rings is 3. The molecular formula is C28H31NO3S. The Morgan fingerprint density at radius 2 is 1.70 bits per heavy atom. The van der Waals surface area contributed by atoms with Crippen molar-refractivity contribution in [3.8, 4) is 0 Å². The monoisotopic (exact) mass is 461 g/mol. The molecule has 1 aliphatic carbocycles. The lowest BCUT2D eigenvalue weighted by Gasteiger charge is -2.24. The minimum atomic E-state index is -0.640. The number of thioether (sulfide) groups is 1. The molecule has 0 radical (unpaired) electrons. The van der Waals surface area contributed by atoms with Gasteiger partial charge in [0.15, 0.2) is 0 Å². The molecule has 172 valence electrons. The van der Waals surface area contributed by atoms with Crippen molar-refractivity contribution in [2.24, 2.45) is 5.92 Å². The first kappa shape index (κ1) is 23.6. The van der Waals surface area contributed by atoms with E-state index in [1.807, 2.05) is 79.1 Å². The number of fused-ring (bicyclic) bond motifs is 1. The lowest BCUT2D eigenvalue weighted by atomic mass is 9.90. The van der Waals surface area contributed by atoms with E-state index in [0.29, 0.717) is 25.7 Å². The van der Waals surface area contributed by atoms with Crippen LogP contribution in [0.2, 0.25) is 0 Å². The molecule has 4 rings (SSSR count). The van der Waals surface area contributed by atoms with Gasteiger partial charge in [-0.3, -0.25) is 4.79 Å². The Morgan fingerprint density at radius 3 is 2.48 bits per heavy atom. The van der Waals surface area contributed by atoms with Crippen LogP contribution in [0.25, 0.3) is 0 Å². The Morgan fingerprint density at radius 1 is 1.00 bits per heavy atom. The van der Waals surface area contributed by atoms with E-state index in [9.17, 15) is 15.0 Å². The van der Waals surface area contributed by atoms with Crippen molar-refractivity contribution in [3.63, 3.8) is 0 Å². The lowest BCUT2D eigenvalue weighted by Crippen LogP contribution is -2.39. The maximum absolute atomic E-state index is 13.4. The summed E-state index contributed by atoms with van der Waals surface area (Å²) in [6, 6.07) is 25.4. The van der Waals surface area contributed by atoms with Crippen LogP contribution >= 0.6 is 11.8 Å². The molecule has 0 aromatic heterocycles. The molecule has 0 spiro atoms. The van der Waals surface area contributed by atoms with Crippen molar-refractivity contribution in [2.45, 2.75) is 48.8 Å². The zero-order valence-electron chi connectivity index (χ0n) is 18.9. The molecule has 4 atom stereocenters. The predicted octanol–water partition coefficient (Wildman–Crippen LogP) is 4.34. The summed E-state index contributed by atoms with van der Waals surface area (Å²) in [5, 5.41) is 24.6. The van der Waals surface area contributed by atoms with Gasteiger partial charge in [-0.2, -0.15) is 0 Å². The molecule has 1 aliphatic rings. The van der Waals surface area contributed by atoms with E-state index in [4.69, 9.17) is 0 Å². The van der Waals surface area contributed by atoms with Crippen LogP contribution < -0.4 is 5.32 Å². The lowest BCUT2D eigenvalue weighted by molar-refractivity contribution is -0.127. The number of hydrogen-bond donors (Lipinski definition) is 3. The van der Waals surface area contributed by atoms with Crippen LogP contribution in [0, 0.1) is 5.92 Å². The molecule has 33 heavy (non-hydrogen) atoms. The molecule has 3 aromatic carbocycles. The second kappa shape index (κ2) is 11.0. The summed E-state index contributed by atoms with van der Waals surface area (Å²) in [6.45, 7) is 0. The van der Waals surface area contributed by atoms with Crippen LogP contribution in [-0.4, -0.2) is 34.6 Å². The van der Waals surface area contributed by atoms with Gasteiger partial charge in [-0.15, -0.1) is 11.8 Å². The van der Waals surface area contributed by atoms with Crippen LogP contribution in [0.4, 0.5) is 0 Å². The summed E-state index contributed by atoms with van der Waals surface area (Å²) in [5.74, 6) is -0.527. The summed E-state index contributed by atoms with van der Waals surface area (Å²) < 4.78 is 0. The number of carbonyl (C=O) groups is 1. The third-order valence-electron chi connectivity index (χ3n) is 6.40. The Kier molecular flexibility index (Phi) is 7.86. The molecule has 0 heterocycles. The van der Waals surface area contributed by atoms with Crippen LogP contribution in [0.15, 0.2) is 83.8 Å². The van der Waals surface area contributed by atoms with Crippen molar-refractivity contribution in [1.29, 1.82) is 0 Å². The van der Waals surface area contributed by atoms with Gasteiger partial charge < -0.3 is 15.5 Å². The molecule has 3 aromatic rings. The van der Waals surface area contributed by atoms with Crippen LogP contribution in [0.5, 0.6) is 0 Å². The highest BCUT2D eigenvalue weighted by molar-refractivity contribution is 7.98. The van der Waals surface area contributed by atoms with Gasteiger partial charge in [-0.25, -0.2) is 0 Å². The standard InChI is InChI=1S/C28H31NO3S/c1-33-26-14-8-6-12-21(26)16-23(30)17-22(15-19-9-3-2-4-10-19)28(32)29-27-24-13-7-5-11-20(24)18-25(27)31/h2-14,22-23,25,27,30-31H,15-18H2,1H3,(H,29,32)/t22-,23-,25-,27+/m1/s1. The number of aliphatic hydroxyl groups is 2. The fourth-order valence-electron chi connectivity index (χ4n) is 4.74. The zero-order chi connectivity index (χ0) is 23.2. The summed E-state index contributed by atoms with van der Waals surface area (Å²) in [6.07, 6.45) is 2.69. The highest BCUT2D eigenvalue weighted by Crippen LogP contribution is 2.32. The molecule has 0 saturated heterocycles. The van der Waals surface area contributed by atoms with E-state index in [1.54, 1.807) is 11.8 Å². The number of rotatable bonds is 9. The molecule has 0 saturated carbocycles. The van der Waals surface area contributed by atoms with Gasteiger partial charge in [0.25, 0.3) is 0 Å². The Labute approximate surface area is 200 Å². The molecule has 1 amide bonds. The zero-order valence-corrected chi connectivity index (χ0v) is 19.7. The average Bonchev–Trinajstić information content (AvgIpc) is 3.14. The largest absolute Gasteiger partial charge is 0.393 e. The molecular weight excluding hydrogens is 430 g/mol. The van der Waals surface area contributed by atoms with Crippen molar-refractivity contribution < 1.29 is 15.0 Å². The molecule has 5 heteroatoms. The number of amides is 1. The molecule has 0 bridgehead atoms. The molecule has 3 N–H and O–H groups in total. The molecule has 4 nitrogen and oxygen atoms in total. The average molecular weight is 462 g/mol. The Bertz CT molecular complexity index is 1070. The number of nitrogens with one attached hydrogen (secondary N) is 1. The van der Waals surface area contributed by atoms with Gasteiger partial charge in [0.2, 0.25) is 5.91 Å². The maximum Gasteiger partial charge on any atom is 0.224 e. The predicted molar refractivity (Wildman–Crippen MR) is 133 cm³/mol. The van der Waals surface area contributed by atoms with Crippen molar-refractivity contribution in [2.75, 3.05) is 6.26 Å². The number of aliphatic hydroxyl groups excluding tert-OH is 2. The first-order valence-corrected chi connectivity index (χ1v) is 12.7. The number of carbonyl (C=O) groups excluding carboxylic acids is 1. The maximum atomic E-state index is 13.4. The van der Waals surface area contributed by atoms with E-state index in [0.717, 1.165) is 27.1 Å². The minimum Gasteiger partial charge on any atom is -0.393 e. The normalized spacial score (nSPS) is 19.0. The smallest absolute Gasteiger partial charge is 0.224 e. The van der Waals surface area contributed by atoms with E-state index in [2.05, 4.69) is 11.4 Å². The minimum absolute atomic E-state index is 0.128. The van der Waals surface area contributed by atoms with Gasteiger partial charge in [-0.05, 0) is 53.8 Å². The van der Waals surface area contributed by atoms with Gasteiger partial charge >= 0.3 is 0 Å².